The van der Waals surface area contributed by atoms with Gasteiger partial charge in [0, 0.05) is 18.1 Å². The summed E-state index contributed by atoms with van der Waals surface area (Å²) in [6, 6.07) is 8.42. The average Bonchev–Trinajstić information content (AvgIpc) is 2.81. The molecule has 0 aromatic heterocycles. The molecule has 1 fully saturated rings. The third kappa shape index (κ3) is 5.36. The van der Waals surface area contributed by atoms with Gasteiger partial charge in [-0.05, 0) is 18.9 Å². The molecule has 1 N–H and O–H groups in total. The van der Waals surface area contributed by atoms with Crippen LogP contribution in [0.25, 0.3) is 0 Å². The van der Waals surface area contributed by atoms with E-state index in [0.717, 1.165) is 11.5 Å². The highest BCUT2D eigenvalue weighted by molar-refractivity contribution is 7.98. The van der Waals surface area contributed by atoms with Gasteiger partial charge in [-0.1, -0.05) is 29.8 Å². The predicted molar refractivity (Wildman–Crippen MR) is 87.1 cm³/mol. The van der Waals surface area contributed by atoms with Crippen molar-refractivity contribution in [3.8, 4) is 0 Å². The summed E-state index contributed by atoms with van der Waals surface area (Å²) in [4.78, 5) is 11.8. The Kier molecular flexibility index (Phi) is 5.70. The minimum absolute atomic E-state index is 0.00927. The molecule has 1 aliphatic rings. The van der Waals surface area contributed by atoms with Gasteiger partial charge in [0.1, 0.15) is 0 Å². The van der Waals surface area contributed by atoms with Crippen LogP contribution in [0.3, 0.4) is 0 Å². The highest BCUT2D eigenvalue weighted by atomic mass is 32.2. The molecule has 6 heteroatoms. The van der Waals surface area contributed by atoms with Gasteiger partial charge >= 0.3 is 0 Å². The monoisotopic (exact) mass is 327 g/mol. The van der Waals surface area contributed by atoms with Crippen molar-refractivity contribution in [2.24, 2.45) is 5.92 Å². The van der Waals surface area contributed by atoms with Gasteiger partial charge in [0.05, 0.1) is 17.4 Å². The fraction of sp³-hybridized carbons (Fsp3) is 0.533. The molecule has 0 spiro atoms. The van der Waals surface area contributed by atoms with E-state index in [2.05, 4.69) is 36.5 Å². The van der Waals surface area contributed by atoms with Crippen LogP contribution in [0.2, 0.25) is 0 Å². The lowest BCUT2D eigenvalue weighted by molar-refractivity contribution is -0.124. The van der Waals surface area contributed by atoms with Crippen molar-refractivity contribution in [2.45, 2.75) is 19.1 Å². The summed E-state index contributed by atoms with van der Waals surface area (Å²) < 4.78 is 22.6. The number of sulfone groups is 1. The number of benzene rings is 1. The number of amides is 1. The van der Waals surface area contributed by atoms with Crippen molar-refractivity contribution >= 4 is 27.5 Å². The Morgan fingerprint density at radius 1 is 1.33 bits per heavy atom. The molecule has 1 unspecified atom stereocenters. The van der Waals surface area contributed by atoms with E-state index in [-0.39, 0.29) is 23.3 Å². The molecule has 0 radical (unpaired) electrons. The highest BCUT2D eigenvalue weighted by Gasteiger charge is 2.32. The van der Waals surface area contributed by atoms with Gasteiger partial charge in [0.25, 0.3) is 0 Å². The second-order valence-corrected chi connectivity index (χ2v) is 8.76. The topological polar surface area (TPSA) is 63.2 Å². The second-order valence-electron chi connectivity index (χ2n) is 5.43. The van der Waals surface area contributed by atoms with Crippen LogP contribution >= 0.6 is 11.8 Å². The standard InChI is InChI=1S/C15H21NO3S2/c1-12-2-4-13(5-3-12)10-20-8-7-16-15(17)14-6-9-21(18,19)11-14/h2-5,14H,6-11H2,1H3,(H,16,17). The minimum atomic E-state index is -2.98. The molecular formula is C15H21NO3S2. The molecule has 1 aromatic carbocycles. The molecule has 1 atom stereocenters. The van der Waals surface area contributed by atoms with Crippen molar-refractivity contribution in [3.63, 3.8) is 0 Å². The summed E-state index contributed by atoms with van der Waals surface area (Å²) >= 11 is 1.76. The first-order valence-electron chi connectivity index (χ1n) is 7.08. The lowest BCUT2D eigenvalue weighted by atomic mass is 10.1. The molecule has 0 aliphatic carbocycles. The zero-order valence-corrected chi connectivity index (χ0v) is 13.8. The molecule has 1 aromatic rings. The second kappa shape index (κ2) is 7.31. The van der Waals surface area contributed by atoms with E-state index >= 15 is 0 Å². The molecule has 0 bridgehead atoms. The number of aryl methyl sites for hydroxylation is 1. The average molecular weight is 327 g/mol. The normalized spacial score (nSPS) is 20.3. The number of nitrogens with one attached hydrogen (secondary N) is 1. The van der Waals surface area contributed by atoms with E-state index in [1.807, 2.05) is 0 Å². The number of hydrogen-bond acceptors (Lipinski definition) is 4. The molecule has 0 saturated carbocycles. The Balaban J connectivity index is 1.61. The van der Waals surface area contributed by atoms with E-state index in [4.69, 9.17) is 0 Å². The number of thioether (sulfide) groups is 1. The quantitative estimate of drug-likeness (QED) is 0.809. The summed E-state index contributed by atoms with van der Waals surface area (Å²) in [6.45, 7) is 2.65. The van der Waals surface area contributed by atoms with E-state index < -0.39 is 9.84 Å². The zero-order valence-electron chi connectivity index (χ0n) is 12.2. The molecule has 21 heavy (non-hydrogen) atoms. The largest absolute Gasteiger partial charge is 0.355 e. The molecule has 2 rings (SSSR count). The Labute approximate surface area is 130 Å². The van der Waals surface area contributed by atoms with Crippen LogP contribution in [0.1, 0.15) is 17.5 Å². The Morgan fingerprint density at radius 3 is 2.67 bits per heavy atom. The first-order chi connectivity index (χ1) is 9.96. The summed E-state index contributed by atoms with van der Waals surface area (Å²) in [6.07, 6.45) is 0.463. The van der Waals surface area contributed by atoms with Gasteiger partial charge in [-0.15, -0.1) is 0 Å². The third-order valence-corrected chi connectivity index (χ3v) is 6.34. The maximum Gasteiger partial charge on any atom is 0.224 e. The zero-order chi connectivity index (χ0) is 15.3. The van der Waals surface area contributed by atoms with Crippen LogP contribution in [0.5, 0.6) is 0 Å². The van der Waals surface area contributed by atoms with Crippen molar-refractivity contribution in [2.75, 3.05) is 23.8 Å². The fourth-order valence-electron chi connectivity index (χ4n) is 2.27. The van der Waals surface area contributed by atoms with Gasteiger partial charge < -0.3 is 5.32 Å². The maximum absolute atomic E-state index is 11.8. The van der Waals surface area contributed by atoms with E-state index in [9.17, 15) is 13.2 Å². The number of carbonyl (C=O) groups excluding carboxylic acids is 1. The van der Waals surface area contributed by atoms with Gasteiger partial charge in [-0.25, -0.2) is 8.42 Å². The molecule has 1 heterocycles. The first kappa shape index (κ1) is 16.4. The van der Waals surface area contributed by atoms with Crippen LogP contribution in [-0.2, 0) is 20.4 Å². The first-order valence-corrected chi connectivity index (χ1v) is 10.1. The van der Waals surface area contributed by atoms with Gasteiger partial charge in [0.15, 0.2) is 9.84 Å². The molecule has 4 nitrogen and oxygen atoms in total. The molecule has 1 aliphatic heterocycles. The van der Waals surface area contributed by atoms with Crippen molar-refractivity contribution in [1.29, 1.82) is 0 Å². The number of hydrogen-bond donors (Lipinski definition) is 1. The molecule has 116 valence electrons. The summed E-state index contributed by atoms with van der Waals surface area (Å²) in [5.74, 6) is 1.44. The SMILES string of the molecule is Cc1ccc(CSCCNC(=O)C2CCS(=O)(=O)C2)cc1. The number of rotatable bonds is 6. The van der Waals surface area contributed by atoms with Crippen LogP contribution in [0.15, 0.2) is 24.3 Å². The Hall–Kier alpha value is -1.01. The van der Waals surface area contributed by atoms with Crippen LogP contribution < -0.4 is 5.32 Å². The van der Waals surface area contributed by atoms with Crippen LogP contribution in [0, 0.1) is 12.8 Å². The summed E-state index contributed by atoms with van der Waals surface area (Å²) in [5.41, 5.74) is 2.53. The van der Waals surface area contributed by atoms with E-state index in [1.165, 1.54) is 11.1 Å². The lowest BCUT2D eigenvalue weighted by Gasteiger charge is -2.09. The maximum atomic E-state index is 11.8. The fourth-order valence-corrected chi connectivity index (χ4v) is 4.83. The Bertz CT molecular complexity index is 581. The minimum Gasteiger partial charge on any atom is -0.355 e. The van der Waals surface area contributed by atoms with Crippen LogP contribution in [0.4, 0.5) is 0 Å². The highest BCUT2D eigenvalue weighted by Crippen LogP contribution is 2.18. The van der Waals surface area contributed by atoms with Crippen LogP contribution in [-0.4, -0.2) is 38.1 Å². The summed E-state index contributed by atoms with van der Waals surface area (Å²) in [5, 5.41) is 2.83. The third-order valence-electron chi connectivity index (χ3n) is 3.54. The lowest BCUT2D eigenvalue weighted by Crippen LogP contribution is -2.32. The van der Waals surface area contributed by atoms with Crippen molar-refractivity contribution < 1.29 is 13.2 Å². The number of carbonyl (C=O) groups is 1. The Morgan fingerprint density at radius 2 is 2.05 bits per heavy atom. The van der Waals surface area contributed by atoms with Crippen molar-refractivity contribution in [3.05, 3.63) is 35.4 Å². The predicted octanol–water partition coefficient (Wildman–Crippen LogP) is 1.78. The molecular weight excluding hydrogens is 306 g/mol. The van der Waals surface area contributed by atoms with E-state index in [0.29, 0.717) is 13.0 Å². The molecule has 1 saturated heterocycles. The smallest absolute Gasteiger partial charge is 0.224 e. The summed E-state index contributed by atoms with van der Waals surface area (Å²) in [7, 11) is -2.98. The van der Waals surface area contributed by atoms with E-state index in [1.54, 1.807) is 11.8 Å². The van der Waals surface area contributed by atoms with Crippen molar-refractivity contribution in [1.82, 2.24) is 5.32 Å². The van der Waals surface area contributed by atoms with Gasteiger partial charge in [-0.3, -0.25) is 4.79 Å². The molecule has 1 amide bonds. The van der Waals surface area contributed by atoms with Gasteiger partial charge in [0.2, 0.25) is 5.91 Å². The van der Waals surface area contributed by atoms with Gasteiger partial charge in [-0.2, -0.15) is 11.8 Å².